The Morgan fingerprint density at radius 2 is 1.86 bits per heavy atom. The maximum atomic E-state index is 12.6. The van der Waals surface area contributed by atoms with Gasteiger partial charge in [0.2, 0.25) is 5.91 Å². The quantitative estimate of drug-likeness (QED) is 0.901. The minimum atomic E-state index is -4.21. The molecule has 1 aliphatic rings. The van der Waals surface area contributed by atoms with E-state index in [9.17, 15) is 22.8 Å². The number of hydrogen-bond donors (Lipinski definition) is 1. The predicted molar refractivity (Wildman–Crippen MR) is 67.4 cm³/mol. The van der Waals surface area contributed by atoms with Gasteiger partial charge in [-0.3, -0.25) is 14.6 Å². The van der Waals surface area contributed by atoms with Crippen molar-refractivity contribution in [1.29, 1.82) is 0 Å². The standard InChI is InChI=1S/C13H14F3N3O2/c14-13(15,16)9-3-5-19(6-4-9)12(21)10-2-1-8(7-18-10)11(17)20/h1-2,7,9H,3-6H2,(H2,17,20). The van der Waals surface area contributed by atoms with Crippen molar-refractivity contribution in [3.05, 3.63) is 29.6 Å². The van der Waals surface area contributed by atoms with E-state index in [1.165, 1.54) is 23.2 Å². The van der Waals surface area contributed by atoms with Crippen molar-refractivity contribution in [1.82, 2.24) is 9.88 Å². The SMILES string of the molecule is NC(=O)c1ccc(C(=O)N2CCC(C(F)(F)F)CC2)nc1. The minimum Gasteiger partial charge on any atom is -0.366 e. The zero-order chi connectivity index (χ0) is 15.6. The first-order chi connectivity index (χ1) is 9.79. The highest BCUT2D eigenvalue weighted by atomic mass is 19.4. The Morgan fingerprint density at radius 1 is 1.24 bits per heavy atom. The lowest BCUT2D eigenvalue weighted by molar-refractivity contribution is -0.183. The van der Waals surface area contributed by atoms with Crippen LogP contribution in [0.15, 0.2) is 18.3 Å². The molecule has 5 nitrogen and oxygen atoms in total. The number of alkyl halides is 3. The molecule has 0 bridgehead atoms. The summed E-state index contributed by atoms with van der Waals surface area (Å²) in [4.78, 5) is 28.2. The molecule has 0 unspecified atom stereocenters. The van der Waals surface area contributed by atoms with Gasteiger partial charge in [0.1, 0.15) is 5.69 Å². The maximum absolute atomic E-state index is 12.6. The van der Waals surface area contributed by atoms with Crippen molar-refractivity contribution < 1.29 is 22.8 Å². The summed E-state index contributed by atoms with van der Waals surface area (Å²) in [6.07, 6.45) is -3.24. The first-order valence-corrected chi connectivity index (χ1v) is 6.41. The van der Waals surface area contributed by atoms with E-state index in [0.717, 1.165) is 0 Å². The minimum absolute atomic E-state index is 0.0439. The molecule has 21 heavy (non-hydrogen) atoms. The van der Waals surface area contributed by atoms with Crippen LogP contribution in [0.1, 0.15) is 33.7 Å². The van der Waals surface area contributed by atoms with Gasteiger partial charge in [-0.1, -0.05) is 0 Å². The van der Waals surface area contributed by atoms with E-state index in [-0.39, 0.29) is 37.2 Å². The van der Waals surface area contributed by atoms with Crippen LogP contribution in [-0.2, 0) is 0 Å². The van der Waals surface area contributed by atoms with Gasteiger partial charge < -0.3 is 10.6 Å². The summed E-state index contributed by atoms with van der Waals surface area (Å²) < 4.78 is 37.7. The highest BCUT2D eigenvalue weighted by Gasteiger charge is 2.41. The average molecular weight is 301 g/mol. The second-order valence-corrected chi connectivity index (χ2v) is 4.90. The first-order valence-electron chi connectivity index (χ1n) is 6.41. The molecular weight excluding hydrogens is 287 g/mol. The Hall–Kier alpha value is -2.12. The van der Waals surface area contributed by atoms with E-state index in [1.54, 1.807) is 0 Å². The summed E-state index contributed by atoms with van der Waals surface area (Å²) >= 11 is 0. The van der Waals surface area contributed by atoms with Crippen LogP contribution < -0.4 is 5.73 Å². The summed E-state index contributed by atoms with van der Waals surface area (Å²) in [5, 5.41) is 0. The zero-order valence-electron chi connectivity index (χ0n) is 11.1. The summed E-state index contributed by atoms with van der Waals surface area (Å²) in [6, 6.07) is 2.71. The maximum Gasteiger partial charge on any atom is 0.391 e. The number of primary amides is 1. The fraction of sp³-hybridized carbons (Fsp3) is 0.462. The van der Waals surface area contributed by atoms with Gasteiger partial charge in [0.05, 0.1) is 11.5 Å². The molecule has 0 aromatic carbocycles. The van der Waals surface area contributed by atoms with Crippen LogP contribution in [0.5, 0.6) is 0 Å². The Morgan fingerprint density at radius 3 is 2.29 bits per heavy atom. The Kier molecular flexibility index (Phi) is 4.15. The molecule has 0 aliphatic carbocycles. The predicted octanol–water partition coefficient (Wildman–Crippen LogP) is 1.60. The lowest BCUT2D eigenvalue weighted by atomic mass is 9.96. The largest absolute Gasteiger partial charge is 0.391 e. The van der Waals surface area contributed by atoms with Gasteiger partial charge in [-0.05, 0) is 25.0 Å². The molecule has 8 heteroatoms. The van der Waals surface area contributed by atoms with Crippen LogP contribution in [-0.4, -0.2) is 41.0 Å². The third-order valence-electron chi connectivity index (χ3n) is 3.51. The third-order valence-corrected chi connectivity index (χ3v) is 3.51. The van der Waals surface area contributed by atoms with Crippen LogP contribution >= 0.6 is 0 Å². The summed E-state index contributed by atoms with van der Waals surface area (Å²) in [7, 11) is 0. The number of rotatable bonds is 2. The van der Waals surface area contributed by atoms with Crippen LogP contribution in [0.3, 0.4) is 0 Å². The number of amides is 2. The third kappa shape index (κ3) is 3.50. The number of piperidine rings is 1. The van der Waals surface area contributed by atoms with E-state index in [1.807, 2.05) is 0 Å². The first kappa shape index (κ1) is 15.3. The molecule has 114 valence electrons. The van der Waals surface area contributed by atoms with Gasteiger partial charge in [0.15, 0.2) is 0 Å². The van der Waals surface area contributed by atoms with Gasteiger partial charge in [-0.25, -0.2) is 0 Å². The van der Waals surface area contributed by atoms with E-state index in [2.05, 4.69) is 4.98 Å². The number of nitrogens with zero attached hydrogens (tertiary/aromatic N) is 2. The molecule has 1 aliphatic heterocycles. The van der Waals surface area contributed by atoms with E-state index in [4.69, 9.17) is 5.73 Å². The Labute approximate surface area is 118 Å². The summed E-state index contributed by atoms with van der Waals surface area (Å²) in [6.45, 7) is 0.0878. The fourth-order valence-electron chi connectivity index (χ4n) is 2.24. The van der Waals surface area contributed by atoms with Gasteiger partial charge in [0, 0.05) is 19.3 Å². The molecular formula is C13H14F3N3O2. The van der Waals surface area contributed by atoms with Crippen molar-refractivity contribution in [2.45, 2.75) is 19.0 Å². The van der Waals surface area contributed by atoms with Gasteiger partial charge in [-0.15, -0.1) is 0 Å². The molecule has 0 radical (unpaired) electrons. The average Bonchev–Trinajstić information content (AvgIpc) is 2.46. The molecule has 2 heterocycles. The zero-order valence-corrected chi connectivity index (χ0v) is 11.1. The lowest BCUT2D eigenvalue weighted by Crippen LogP contribution is -2.42. The van der Waals surface area contributed by atoms with Crippen LogP contribution in [0, 0.1) is 5.92 Å². The fourth-order valence-corrected chi connectivity index (χ4v) is 2.24. The van der Waals surface area contributed by atoms with E-state index < -0.39 is 23.9 Å². The molecule has 1 aromatic heterocycles. The number of hydrogen-bond acceptors (Lipinski definition) is 3. The van der Waals surface area contributed by atoms with Crippen molar-refractivity contribution in [2.24, 2.45) is 11.7 Å². The van der Waals surface area contributed by atoms with Gasteiger partial charge >= 0.3 is 6.18 Å². The molecule has 0 spiro atoms. The van der Waals surface area contributed by atoms with Crippen molar-refractivity contribution >= 4 is 11.8 Å². The number of nitrogens with two attached hydrogens (primary N) is 1. The normalized spacial score (nSPS) is 16.8. The number of halogens is 3. The van der Waals surface area contributed by atoms with Crippen molar-refractivity contribution in [3.63, 3.8) is 0 Å². The monoisotopic (exact) mass is 301 g/mol. The molecule has 1 fully saturated rings. The molecule has 0 saturated carbocycles. The number of likely N-dealkylation sites (tertiary alicyclic amines) is 1. The van der Waals surface area contributed by atoms with E-state index >= 15 is 0 Å². The Bertz CT molecular complexity index is 535. The van der Waals surface area contributed by atoms with Crippen LogP contribution in [0.4, 0.5) is 13.2 Å². The highest BCUT2D eigenvalue weighted by molar-refractivity contribution is 5.95. The smallest absolute Gasteiger partial charge is 0.366 e. The molecule has 2 N–H and O–H groups in total. The van der Waals surface area contributed by atoms with Crippen molar-refractivity contribution in [2.75, 3.05) is 13.1 Å². The van der Waals surface area contributed by atoms with Crippen LogP contribution in [0.2, 0.25) is 0 Å². The number of carbonyl (C=O) groups is 2. The Balaban J connectivity index is 2.00. The molecule has 2 rings (SSSR count). The molecule has 1 aromatic rings. The summed E-state index contributed by atoms with van der Waals surface area (Å²) in [5.41, 5.74) is 5.32. The second kappa shape index (κ2) is 5.71. The lowest BCUT2D eigenvalue weighted by Gasteiger charge is -2.32. The van der Waals surface area contributed by atoms with Gasteiger partial charge in [-0.2, -0.15) is 13.2 Å². The molecule has 0 atom stereocenters. The molecule has 1 saturated heterocycles. The summed E-state index contributed by atoms with van der Waals surface area (Å²) in [5.74, 6) is -2.45. The highest BCUT2D eigenvalue weighted by Crippen LogP contribution is 2.34. The topological polar surface area (TPSA) is 76.3 Å². The number of carbonyl (C=O) groups excluding carboxylic acids is 2. The number of pyridine rings is 1. The van der Waals surface area contributed by atoms with Crippen molar-refractivity contribution in [3.8, 4) is 0 Å². The van der Waals surface area contributed by atoms with Crippen LogP contribution in [0.25, 0.3) is 0 Å². The second-order valence-electron chi connectivity index (χ2n) is 4.90. The van der Waals surface area contributed by atoms with E-state index in [0.29, 0.717) is 0 Å². The van der Waals surface area contributed by atoms with Gasteiger partial charge in [0.25, 0.3) is 5.91 Å². The molecule has 2 amide bonds. The number of aromatic nitrogens is 1.